The van der Waals surface area contributed by atoms with Crippen LogP contribution in [0.5, 0.6) is 0 Å². The Morgan fingerprint density at radius 3 is 2.68 bits per heavy atom. The maximum absolute atomic E-state index is 12.3. The van der Waals surface area contributed by atoms with Crippen LogP contribution in [-0.2, 0) is 16.9 Å². The lowest BCUT2D eigenvalue weighted by Gasteiger charge is -2.18. The summed E-state index contributed by atoms with van der Waals surface area (Å²) < 4.78 is 2.08. The molecule has 0 atom stereocenters. The quantitative estimate of drug-likeness (QED) is 0.890. The summed E-state index contributed by atoms with van der Waals surface area (Å²) in [6.45, 7) is 4.92. The van der Waals surface area contributed by atoms with E-state index in [1.54, 1.807) is 6.20 Å². The van der Waals surface area contributed by atoms with Crippen LogP contribution in [0.15, 0.2) is 42.7 Å². The predicted molar refractivity (Wildman–Crippen MR) is 86.4 cm³/mol. The van der Waals surface area contributed by atoms with Gasteiger partial charge in [0.2, 0.25) is 5.91 Å². The number of carbonyl (C=O) groups is 1. The minimum atomic E-state index is -0.117. The summed E-state index contributed by atoms with van der Waals surface area (Å²) in [6, 6.07) is 10.3. The molecular formula is C18H23N3O. The van der Waals surface area contributed by atoms with Crippen molar-refractivity contribution < 1.29 is 4.79 Å². The molecule has 1 aromatic carbocycles. The predicted octanol–water partition coefficient (Wildman–Crippen LogP) is 3.20. The molecule has 0 saturated heterocycles. The van der Waals surface area contributed by atoms with Crippen molar-refractivity contribution in [3.05, 3.63) is 54.1 Å². The van der Waals surface area contributed by atoms with Crippen LogP contribution in [-0.4, -0.2) is 15.5 Å². The minimum absolute atomic E-state index is 0.116. The van der Waals surface area contributed by atoms with E-state index in [1.807, 2.05) is 24.4 Å². The average molecular weight is 297 g/mol. The molecule has 1 saturated carbocycles. The lowest BCUT2D eigenvalue weighted by molar-refractivity contribution is -0.122. The van der Waals surface area contributed by atoms with Gasteiger partial charge in [0.15, 0.2) is 0 Å². The van der Waals surface area contributed by atoms with Crippen LogP contribution in [0.2, 0.25) is 0 Å². The van der Waals surface area contributed by atoms with Gasteiger partial charge in [0.25, 0.3) is 0 Å². The number of aryl methyl sites for hydroxylation is 1. The number of aromatic nitrogens is 2. The second-order valence-corrected chi connectivity index (χ2v) is 6.38. The fourth-order valence-electron chi connectivity index (χ4n) is 2.93. The summed E-state index contributed by atoms with van der Waals surface area (Å²) in [5, 5.41) is 3.22. The van der Waals surface area contributed by atoms with E-state index in [0.717, 1.165) is 18.7 Å². The molecule has 2 aromatic rings. The number of rotatable bonds is 6. The number of amides is 1. The number of hydrogen-bond donors (Lipinski definition) is 1. The summed E-state index contributed by atoms with van der Waals surface area (Å²) in [5.41, 5.74) is 1.10. The van der Waals surface area contributed by atoms with Crippen LogP contribution >= 0.6 is 0 Å². The monoisotopic (exact) mass is 297 g/mol. The van der Waals surface area contributed by atoms with Gasteiger partial charge in [-0.05, 0) is 18.4 Å². The molecule has 1 heterocycles. The number of hydrogen-bond acceptors (Lipinski definition) is 2. The Bertz CT molecular complexity index is 641. The van der Waals surface area contributed by atoms with Crippen LogP contribution in [0.4, 0.5) is 0 Å². The molecular weight excluding hydrogens is 274 g/mol. The van der Waals surface area contributed by atoms with Gasteiger partial charge >= 0.3 is 0 Å². The molecule has 0 bridgehead atoms. The Hall–Kier alpha value is -2.10. The zero-order valence-corrected chi connectivity index (χ0v) is 13.2. The summed E-state index contributed by atoms with van der Waals surface area (Å²) in [5.74, 6) is 1.53. The van der Waals surface area contributed by atoms with E-state index < -0.39 is 0 Å². The highest BCUT2D eigenvalue weighted by Crippen LogP contribution is 2.45. The standard InChI is InChI=1S/C18H23N3O/c1-14(2)17-19-11-13-21(17)12-8-16(22)20-18(9-10-18)15-6-4-3-5-7-15/h3-7,11,13-14H,8-10,12H2,1-2H3,(H,20,22). The molecule has 0 radical (unpaired) electrons. The highest BCUT2D eigenvalue weighted by Gasteiger charge is 2.45. The number of benzene rings is 1. The third-order valence-corrected chi connectivity index (χ3v) is 4.30. The van der Waals surface area contributed by atoms with Gasteiger partial charge in [-0.2, -0.15) is 0 Å². The van der Waals surface area contributed by atoms with Crippen molar-refractivity contribution in [3.8, 4) is 0 Å². The molecule has 1 fully saturated rings. The first kappa shape index (κ1) is 14.8. The topological polar surface area (TPSA) is 46.9 Å². The van der Waals surface area contributed by atoms with Crippen LogP contribution < -0.4 is 5.32 Å². The molecule has 0 spiro atoms. The molecule has 1 aromatic heterocycles. The van der Waals surface area contributed by atoms with E-state index in [4.69, 9.17) is 0 Å². The fourth-order valence-corrected chi connectivity index (χ4v) is 2.93. The number of imidazole rings is 1. The SMILES string of the molecule is CC(C)c1nccn1CCC(=O)NC1(c2ccccc2)CC1. The smallest absolute Gasteiger partial charge is 0.222 e. The first-order chi connectivity index (χ1) is 10.6. The molecule has 1 aliphatic carbocycles. The van der Waals surface area contributed by atoms with Crippen molar-refractivity contribution in [1.82, 2.24) is 14.9 Å². The maximum Gasteiger partial charge on any atom is 0.222 e. The highest BCUT2D eigenvalue weighted by atomic mass is 16.1. The van der Waals surface area contributed by atoms with Gasteiger partial charge in [0.1, 0.15) is 5.82 Å². The first-order valence-electron chi connectivity index (χ1n) is 7.98. The van der Waals surface area contributed by atoms with E-state index in [9.17, 15) is 4.79 Å². The summed E-state index contributed by atoms with van der Waals surface area (Å²) >= 11 is 0. The molecule has 22 heavy (non-hydrogen) atoms. The van der Waals surface area contributed by atoms with Crippen molar-refractivity contribution in [2.24, 2.45) is 0 Å². The second kappa shape index (κ2) is 5.95. The number of nitrogens with one attached hydrogen (secondary N) is 1. The largest absolute Gasteiger partial charge is 0.347 e. The zero-order chi connectivity index (χ0) is 15.6. The maximum atomic E-state index is 12.3. The van der Waals surface area contributed by atoms with Crippen molar-refractivity contribution in [3.63, 3.8) is 0 Å². The molecule has 4 heteroatoms. The molecule has 1 N–H and O–H groups in total. The van der Waals surface area contributed by atoms with Crippen molar-refractivity contribution in [2.75, 3.05) is 0 Å². The molecule has 4 nitrogen and oxygen atoms in total. The van der Waals surface area contributed by atoms with E-state index in [1.165, 1.54) is 5.56 Å². The Morgan fingerprint density at radius 2 is 2.05 bits per heavy atom. The summed E-state index contributed by atoms with van der Waals surface area (Å²) in [7, 11) is 0. The van der Waals surface area contributed by atoms with Gasteiger partial charge in [-0.15, -0.1) is 0 Å². The number of carbonyl (C=O) groups excluding carboxylic acids is 1. The lowest BCUT2D eigenvalue weighted by Crippen LogP contribution is -2.35. The van der Waals surface area contributed by atoms with Crippen LogP contribution in [0.25, 0.3) is 0 Å². The van der Waals surface area contributed by atoms with Crippen LogP contribution in [0.3, 0.4) is 0 Å². The van der Waals surface area contributed by atoms with Gasteiger partial charge in [-0.25, -0.2) is 4.98 Å². The van der Waals surface area contributed by atoms with Crippen LogP contribution in [0.1, 0.15) is 50.4 Å². The van der Waals surface area contributed by atoms with E-state index in [2.05, 4.69) is 40.8 Å². The first-order valence-corrected chi connectivity index (χ1v) is 7.98. The Labute approximate surface area is 131 Å². The molecule has 1 aliphatic rings. The van der Waals surface area contributed by atoms with Gasteiger partial charge in [-0.3, -0.25) is 4.79 Å². The Morgan fingerprint density at radius 1 is 1.32 bits per heavy atom. The second-order valence-electron chi connectivity index (χ2n) is 6.38. The number of nitrogens with zero attached hydrogens (tertiary/aromatic N) is 2. The van der Waals surface area contributed by atoms with Gasteiger partial charge in [0, 0.05) is 31.3 Å². The normalized spacial score (nSPS) is 15.8. The third kappa shape index (κ3) is 3.06. The van der Waals surface area contributed by atoms with Crippen LogP contribution in [0, 0.1) is 0 Å². The van der Waals surface area contributed by atoms with Crippen molar-refractivity contribution in [1.29, 1.82) is 0 Å². The van der Waals surface area contributed by atoms with Gasteiger partial charge < -0.3 is 9.88 Å². The molecule has 0 unspecified atom stereocenters. The lowest BCUT2D eigenvalue weighted by atomic mass is 10.0. The van der Waals surface area contributed by atoms with Crippen molar-refractivity contribution >= 4 is 5.91 Å². The fraction of sp³-hybridized carbons (Fsp3) is 0.444. The highest BCUT2D eigenvalue weighted by molar-refractivity contribution is 5.77. The Kier molecular flexibility index (Phi) is 4.01. The van der Waals surface area contributed by atoms with E-state index in [0.29, 0.717) is 18.9 Å². The molecule has 116 valence electrons. The summed E-state index contributed by atoms with van der Waals surface area (Å²) in [4.78, 5) is 16.7. The van der Waals surface area contributed by atoms with E-state index >= 15 is 0 Å². The third-order valence-electron chi connectivity index (χ3n) is 4.30. The molecule has 0 aliphatic heterocycles. The minimum Gasteiger partial charge on any atom is -0.347 e. The molecule has 3 rings (SSSR count). The zero-order valence-electron chi connectivity index (χ0n) is 13.2. The Balaban J connectivity index is 1.58. The molecule has 1 amide bonds. The van der Waals surface area contributed by atoms with Gasteiger partial charge in [0.05, 0.1) is 5.54 Å². The van der Waals surface area contributed by atoms with Gasteiger partial charge in [-0.1, -0.05) is 44.2 Å². The average Bonchev–Trinajstić information content (AvgIpc) is 3.13. The summed E-state index contributed by atoms with van der Waals surface area (Å²) in [6.07, 6.45) is 6.31. The van der Waals surface area contributed by atoms with E-state index in [-0.39, 0.29) is 11.4 Å². The van der Waals surface area contributed by atoms with Crippen molar-refractivity contribution in [2.45, 2.75) is 51.1 Å².